The first-order valence-electron chi connectivity index (χ1n) is 5.42. The van der Waals surface area contributed by atoms with Crippen molar-refractivity contribution in [2.45, 2.75) is 46.1 Å². The number of carbonyl (C=O) groups excluding carboxylic acids is 1. The van der Waals surface area contributed by atoms with Crippen LogP contribution in [-0.2, 0) is 9.53 Å². The number of unbranched alkanes of at least 4 members (excludes halogenated alkanes) is 1. The normalized spacial score (nSPS) is 12.7. The van der Waals surface area contributed by atoms with E-state index in [1.807, 2.05) is 0 Å². The predicted molar refractivity (Wildman–Crippen MR) is 63.3 cm³/mol. The fourth-order valence-corrected chi connectivity index (χ4v) is 1.03. The third-order valence-corrected chi connectivity index (χ3v) is 1.97. The van der Waals surface area contributed by atoms with Gasteiger partial charge in [-0.1, -0.05) is 26.3 Å². The second kappa shape index (κ2) is 8.21. The van der Waals surface area contributed by atoms with Gasteiger partial charge in [0.15, 0.2) is 0 Å². The predicted octanol–water partition coefficient (Wildman–Crippen LogP) is 2.76. The van der Waals surface area contributed by atoms with Crippen molar-refractivity contribution in [3.63, 3.8) is 0 Å². The first-order chi connectivity index (χ1) is 7.07. The molecule has 86 valence electrons. The van der Waals surface area contributed by atoms with Crippen LogP contribution in [-0.4, -0.2) is 24.8 Å². The molecule has 0 aliphatic carbocycles. The standard InChI is InChI=1S/C12H21NO2/c1-5-6-7-11(4)13-8-9-15-12(14)10(2)3/h8,11H,2,5-7,9H2,1,3-4H3. The summed E-state index contributed by atoms with van der Waals surface area (Å²) in [5.74, 6) is -0.359. The molecule has 0 bridgehead atoms. The summed E-state index contributed by atoms with van der Waals surface area (Å²) in [4.78, 5) is 15.2. The molecule has 0 aromatic rings. The number of nitrogens with zero attached hydrogens (tertiary/aromatic N) is 1. The van der Waals surface area contributed by atoms with Gasteiger partial charge in [0.25, 0.3) is 0 Å². The Hall–Kier alpha value is -1.12. The van der Waals surface area contributed by atoms with Crippen molar-refractivity contribution < 1.29 is 9.53 Å². The summed E-state index contributed by atoms with van der Waals surface area (Å²) in [6, 6.07) is 0.313. The van der Waals surface area contributed by atoms with Gasteiger partial charge in [0.05, 0.1) is 0 Å². The lowest BCUT2D eigenvalue weighted by Crippen LogP contribution is -2.08. The quantitative estimate of drug-likeness (QED) is 0.369. The Kier molecular flexibility index (Phi) is 7.60. The van der Waals surface area contributed by atoms with E-state index in [2.05, 4.69) is 25.4 Å². The Labute approximate surface area is 92.2 Å². The Morgan fingerprint density at radius 2 is 2.27 bits per heavy atom. The van der Waals surface area contributed by atoms with E-state index < -0.39 is 0 Å². The molecule has 0 saturated heterocycles. The third kappa shape index (κ3) is 7.91. The molecule has 1 unspecified atom stereocenters. The molecular formula is C12H21NO2. The maximum Gasteiger partial charge on any atom is 0.333 e. The van der Waals surface area contributed by atoms with Crippen molar-refractivity contribution in [2.75, 3.05) is 6.61 Å². The van der Waals surface area contributed by atoms with E-state index in [1.54, 1.807) is 13.1 Å². The van der Waals surface area contributed by atoms with Crippen molar-refractivity contribution >= 4 is 12.2 Å². The zero-order valence-electron chi connectivity index (χ0n) is 9.95. The van der Waals surface area contributed by atoms with Crippen LogP contribution in [0.2, 0.25) is 0 Å². The van der Waals surface area contributed by atoms with E-state index in [1.165, 1.54) is 12.8 Å². The van der Waals surface area contributed by atoms with Crippen LogP contribution < -0.4 is 0 Å². The Morgan fingerprint density at radius 1 is 1.60 bits per heavy atom. The van der Waals surface area contributed by atoms with Crippen LogP contribution >= 0.6 is 0 Å². The van der Waals surface area contributed by atoms with E-state index in [0.717, 1.165) is 6.42 Å². The molecule has 0 N–H and O–H groups in total. The fraction of sp³-hybridized carbons (Fsp3) is 0.667. The second-order valence-electron chi connectivity index (χ2n) is 3.70. The average Bonchev–Trinajstić information content (AvgIpc) is 2.20. The summed E-state index contributed by atoms with van der Waals surface area (Å²) in [5.41, 5.74) is 0.419. The summed E-state index contributed by atoms with van der Waals surface area (Å²) in [7, 11) is 0. The maximum absolute atomic E-state index is 11.0. The zero-order valence-corrected chi connectivity index (χ0v) is 9.95. The van der Waals surface area contributed by atoms with Crippen LogP contribution in [0.1, 0.15) is 40.0 Å². The minimum atomic E-state index is -0.359. The first kappa shape index (κ1) is 13.9. The fourth-order valence-electron chi connectivity index (χ4n) is 1.03. The van der Waals surface area contributed by atoms with Crippen LogP contribution in [0.15, 0.2) is 17.1 Å². The van der Waals surface area contributed by atoms with Crippen molar-refractivity contribution in [1.29, 1.82) is 0 Å². The lowest BCUT2D eigenvalue weighted by atomic mass is 10.1. The monoisotopic (exact) mass is 211 g/mol. The van der Waals surface area contributed by atoms with Gasteiger partial charge in [-0.2, -0.15) is 0 Å². The van der Waals surface area contributed by atoms with Gasteiger partial charge in [0.2, 0.25) is 0 Å². The number of hydrogen-bond acceptors (Lipinski definition) is 3. The smallest absolute Gasteiger partial charge is 0.333 e. The van der Waals surface area contributed by atoms with Gasteiger partial charge >= 0.3 is 5.97 Å². The van der Waals surface area contributed by atoms with Crippen molar-refractivity contribution in [3.05, 3.63) is 12.2 Å². The molecular weight excluding hydrogens is 190 g/mol. The van der Waals surface area contributed by atoms with E-state index in [0.29, 0.717) is 11.6 Å². The molecule has 0 amide bonds. The molecule has 0 aromatic carbocycles. The van der Waals surface area contributed by atoms with Crippen molar-refractivity contribution in [3.8, 4) is 0 Å². The lowest BCUT2D eigenvalue weighted by Gasteiger charge is -2.04. The molecule has 0 fully saturated rings. The summed E-state index contributed by atoms with van der Waals surface area (Å²) >= 11 is 0. The molecule has 3 nitrogen and oxygen atoms in total. The number of ether oxygens (including phenoxy) is 1. The Balaban J connectivity index is 3.61. The molecule has 0 spiro atoms. The minimum absolute atomic E-state index is 0.238. The second-order valence-corrected chi connectivity index (χ2v) is 3.70. The Bertz CT molecular complexity index is 234. The van der Waals surface area contributed by atoms with E-state index in [9.17, 15) is 4.79 Å². The lowest BCUT2D eigenvalue weighted by molar-refractivity contribution is -0.137. The molecule has 0 radical (unpaired) electrons. The average molecular weight is 211 g/mol. The number of hydrogen-bond donors (Lipinski definition) is 0. The van der Waals surface area contributed by atoms with E-state index in [4.69, 9.17) is 4.74 Å². The first-order valence-corrected chi connectivity index (χ1v) is 5.42. The molecule has 1 atom stereocenters. The number of aliphatic imine (C=N–C) groups is 1. The maximum atomic E-state index is 11.0. The summed E-state index contributed by atoms with van der Waals surface area (Å²) in [6.07, 6.45) is 5.11. The number of esters is 1. The van der Waals surface area contributed by atoms with Gasteiger partial charge in [-0.25, -0.2) is 4.79 Å². The highest BCUT2D eigenvalue weighted by Crippen LogP contribution is 2.02. The minimum Gasteiger partial charge on any atom is -0.457 e. The number of rotatable bonds is 7. The van der Waals surface area contributed by atoms with E-state index in [-0.39, 0.29) is 12.6 Å². The van der Waals surface area contributed by atoms with Crippen molar-refractivity contribution in [2.24, 2.45) is 4.99 Å². The zero-order chi connectivity index (χ0) is 11.7. The molecule has 3 heteroatoms. The Morgan fingerprint density at radius 3 is 2.80 bits per heavy atom. The topological polar surface area (TPSA) is 38.7 Å². The molecule has 0 aliphatic heterocycles. The molecule has 0 aliphatic rings. The third-order valence-electron chi connectivity index (χ3n) is 1.97. The van der Waals surface area contributed by atoms with Crippen molar-refractivity contribution in [1.82, 2.24) is 0 Å². The van der Waals surface area contributed by atoms with Crippen LogP contribution in [0, 0.1) is 0 Å². The highest BCUT2D eigenvalue weighted by molar-refractivity contribution is 5.87. The van der Waals surface area contributed by atoms with E-state index >= 15 is 0 Å². The van der Waals surface area contributed by atoms with Gasteiger partial charge in [0.1, 0.15) is 6.61 Å². The molecule has 15 heavy (non-hydrogen) atoms. The van der Waals surface area contributed by atoms with Gasteiger partial charge in [-0.3, -0.25) is 4.99 Å². The van der Waals surface area contributed by atoms with Gasteiger partial charge < -0.3 is 4.74 Å². The molecule has 0 aromatic heterocycles. The van der Waals surface area contributed by atoms with Gasteiger partial charge in [-0.15, -0.1) is 0 Å². The summed E-state index contributed by atoms with van der Waals surface area (Å²) < 4.78 is 4.87. The van der Waals surface area contributed by atoms with Crippen LogP contribution in [0.4, 0.5) is 0 Å². The van der Waals surface area contributed by atoms with Gasteiger partial charge in [0, 0.05) is 17.8 Å². The highest BCUT2D eigenvalue weighted by Gasteiger charge is 2.01. The van der Waals surface area contributed by atoms with Gasteiger partial charge in [-0.05, 0) is 20.3 Å². The van der Waals surface area contributed by atoms with Crippen LogP contribution in [0.3, 0.4) is 0 Å². The molecule has 0 rings (SSSR count). The molecule has 0 saturated carbocycles. The summed E-state index contributed by atoms with van der Waals surface area (Å²) in [5, 5.41) is 0. The SMILES string of the molecule is C=C(C)C(=O)OCC=NC(C)CCCC. The highest BCUT2D eigenvalue weighted by atomic mass is 16.5. The largest absolute Gasteiger partial charge is 0.457 e. The molecule has 0 heterocycles. The van der Waals surface area contributed by atoms with Crippen LogP contribution in [0.25, 0.3) is 0 Å². The summed E-state index contributed by atoms with van der Waals surface area (Å²) in [6.45, 7) is 9.58. The number of carbonyl (C=O) groups is 1. The van der Waals surface area contributed by atoms with Crippen LogP contribution in [0.5, 0.6) is 0 Å².